The molecule has 1 aliphatic rings. The van der Waals surface area contributed by atoms with E-state index in [1.54, 1.807) is 6.20 Å². The smallest absolute Gasteiger partial charge is 0.194 e. The molecule has 2 rings (SSSR count). The Kier molecular flexibility index (Phi) is 4.23. The van der Waals surface area contributed by atoms with Crippen LogP contribution >= 0.6 is 0 Å². The lowest BCUT2D eigenvalue weighted by Gasteiger charge is -2.31. The first-order valence-electron chi connectivity index (χ1n) is 6.67. The maximum absolute atomic E-state index is 6.01. The first-order valence-corrected chi connectivity index (χ1v) is 6.67. The van der Waals surface area contributed by atoms with Crippen molar-refractivity contribution in [2.75, 3.05) is 13.1 Å². The summed E-state index contributed by atoms with van der Waals surface area (Å²) < 4.78 is 5.50. The highest BCUT2D eigenvalue weighted by Crippen LogP contribution is 2.15. The third-order valence-electron chi connectivity index (χ3n) is 3.28. The van der Waals surface area contributed by atoms with Gasteiger partial charge in [0.1, 0.15) is 12.3 Å². The van der Waals surface area contributed by atoms with Gasteiger partial charge in [-0.1, -0.05) is 13.8 Å². The quantitative estimate of drug-likeness (QED) is 0.656. The Morgan fingerprint density at radius 1 is 1.67 bits per heavy atom. The molecule has 0 saturated carbocycles. The average molecular weight is 250 g/mol. The minimum atomic E-state index is 0.476. The number of hydrogen-bond acceptors (Lipinski definition) is 3. The predicted molar refractivity (Wildman–Crippen MR) is 71.2 cm³/mol. The molecule has 0 bridgehead atoms. The fraction of sp³-hybridized carbons (Fsp3) is 0.692. The number of guanidine groups is 1. The van der Waals surface area contributed by atoms with Crippen molar-refractivity contribution in [3.8, 4) is 0 Å². The summed E-state index contributed by atoms with van der Waals surface area (Å²) >= 11 is 0. The van der Waals surface area contributed by atoms with Crippen LogP contribution in [-0.4, -0.2) is 28.9 Å². The number of aryl methyl sites for hydroxylation is 1. The number of piperidine rings is 1. The molecule has 1 fully saturated rings. The third kappa shape index (κ3) is 3.24. The van der Waals surface area contributed by atoms with Gasteiger partial charge in [-0.15, -0.1) is 0 Å². The number of nitrogens with two attached hydrogens (primary N) is 1. The van der Waals surface area contributed by atoms with Crippen molar-refractivity contribution in [3.05, 3.63) is 17.8 Å². The van der Waals surface area contributed by atoms with Gasteiger partial charge in [0.2, 0.25) is 0 Å². The van der Waals surface area contributed by atoms with Gasteiger partial charge in [-0.2, -0.15) is 0 Å². The van der Waals surface area contributed by atoms with Crippen LogP contribution in [-0.2, 0) is 13.0 Å². The number of likely N-dealkylation sites (tertiary alicyclic amines) is 1. The summed E-state index contributed by atoms with van der Waals surface area (Å²) in [7, 11) is 0. The molecule has 5 heteroatoms. The molecule has 2 N–H and O–H groups in total. The normalized spacial score (nSPS) is 21.3. The molecule has 0 radical (unpaired) electrons. The van der Waals surface area contributed by atoms with Crippen LogP contribution in [0.15, 0.2) is 15.6 Å². The molecule has 0 amide bonds. The van der Waals surface area contributed by atoms with Crippen molar-refractivity contribution in [1.82, 2.24) is 9.88 Å². The molecule has 0 aliphatic carbocycles. The van der Waals surface area contributed by atoms with Gasteiger partial charge in [-0.05, 0) is 18.8 Å². The van der Waals surface area contributed by atoms with Crippen molar-refractivity contribution < 1.29 is 4.42 Å². The first-order chi connectivity index (χ1) is 8.69. The minimum absolute atomic E-state index is 0.476. The van der Waals surface area contributed by atoms with E-state index in [0.717, 1.165) is 31.2 Å². The van der Waals surface area contributed by atoms with Crippen LogP contribution in [0.5, 0.6) is 0 Å². The van der Waals surface area contributed by atoms with Gasteiger partial charge in [-0.3, -0.25) is 0 Å². The molecule has 100 valence electrons. The number of oxazole rings is 1. The monoisotopic (exact) mass is 250 g/mol. The standard InChI is InChI=1S/C13H22N4O/c1-3-12-15-7-11(18-12)8-16-13(14)17-6-4-5-10(2)9-17/h7,10H,3-6,8-9H2,1-2H3,(H2,14,16). The largest absolute Gasteiger partial charge is 0.444 e. The maximum Gasteiger partial charge on any atom is 0.194 e. The van der Waals surface area contributed by atoms with Gasteiger partial charge in [-0.25, -0.2) is 9.98 Å². The molecule has 1 aromatic rings. The van der Waals surface area contributed by atoms with Gasteiger partial charge in [0.25, 0.3) is 0 Å². The Labute approximate surface area is 108 Å². The molecule has 0 spiro atoms. The van der Waals surface area contributed by atoms with Crippen molar-refractivity contribution >= 4 is 5.96 Å². The zero-order chi connectivity index (χ0) is 13.0. The van der Waals surface area contributed by atoms with E-state index >= 15 is 0 Å². The molecule has 2 heterocycles. The number of aromatic nitrogens is 1. The van der Waals surface area contributed by atoms with Crippen LogP contribution in [0.4, 0.5) is 0 Å². The number of aliphatic imine (C=N–C) groups is 1. The van der Waals surface area contributed by atoms with E-state index in [4.69, 9.17) is 10.2 Å². The summed E-state index contributed by atoms with van der Waals surface area (Å²) in [6, 6.07) is 0. The second kappa shape index (κ2) is 5.89. The zero-order valence-electron chi connectivity index (χ0n) is 11.2. The van der Waals surface area contributed by atoms with Gasteiger partial charge >= 0.3 is 0 Å². The molecule has 1 saturated heterocycles. The lowest BCUT2D eigenvalue weighted by atomic mass is 10.0. The van der Waals surface area contributed by atoms with Crippen LogP contribution in [0.2, 0.25) is 0 Å². The van der Waals surface area contributed by atoms with Crippen LogP contribution < -0.4 is 5.73 Å². The topological polar surface area (TPSA) is 67.7 Å². The maximum atomic E-state index is 6.01. The Morgan fingerprint density at radius 2 is 2.50 bits per heavy atom. The molecule has 1 atom stereocenters. The predicted octanol–water partition coefficient (Wildman–Crippen LogP) is 1.78. The SMILES string of the molecule is CCc1ncc(CN=C(N)N2CCCC(C)C2)o1. The third-order valence-corrected chi connectivity index (χ3v) is 3.28. The second-order valence-corrected chi connectivity index (χ2v) is 4.94. The van der Waals surface area contributed by atoms with E-state index < -0.39 is 0 Å². The van der Waals surface area contributed by atoms with Crippen molar-refractivity contribution in [2.45, 2.75) is 39.7 Å². The van der Waals surface area contributed by atoms with Gasteiger partial charge in [0, 0.05) is 19.5 Å². The lowest BCUT2D eigenvalue weighted by molar-refractivity contribution is 0.270. The van der Waals surface area contributed by atoms with E-state index in [0.29, 0.717) is 18.4 Å². The molecular formula is C13H22N4O. The molecule has 1 unspecified atom stereocenters. The van der Waals surface area contributed by atoms with Crippen LogP contribution in [0.25, 0.3) is 0 Å². The van der Waals surface area contributed by atoms with Crippen molar-refractivity contribution in [1.29, 1.82) is 0 Å². The highest BCUT2D eigenvalue weighted by atomic mass is 16.4. The number of nitrogens with zero attached hydrogens (tertiary/aromatic N) is 3. The van der Waals surface area contributed by atoms with E-state index in [2.05, 4.69) is 21.8 Å². The van der Waals surface area contributed by atoms with Gasteiger partial charge in [0.05, 0.1) is 6.20 Å². The second-order valence-electron chi connectivity index (χ2n) is 4.94. The molecular weight excluding hydrogens is 228 g/mol. The van der Waals surface area contributed by atoms with Crippen LogP contribution in [0.1, 0.15) is 38.3 Å². The molecule has 1 aliphatic heterocycles. The van der Waals surface area contributed by atoms with Gasteiger partial charge in [0.15, 0.2) is 11.9 Å². The zero-order valence-corrected chi connectivity index (χ0v) is 11.2. The van der Waals surface area contributed by atoms with Crippen LogP contribution in [0.3, 0.4) is 0 Å². The summed E-state index contributed by atoms with van der Waals surface area (Å²) in [5, 5.41) is 0. The Balaban J connectivity index is 1.91. The van der Waals surface area contributed by atoms with E-state index in [1.165, 1.54) is 12.8 Å². The minimum Gasteiger partial charge on any atom is -0.444 e. The van der Waals surface area contributed by atoms with Crippen molar-refractivity contribution in [2.24, 2.45) is 16.6 Å². The molecule has 0 aromatic carbocycles. The lowest BCUT2D eigenvalue weighted by Crippen LogP contribution is -2.43. The van der Waals surface area contributed by atoms with Crippen molar-refractivity contribution in [3.63, 3.8) is 0 Å². The summed E-state index contributed by atoms with van der Waals surface area (Å²) in [4.78, 5) is 10.7. The highest BCUT2D eigenvalue weighted by Gasteiger charge is 2.17. The van der Waals surface area contributed by atoms with Crippen LogP contribution in [0, 0.1) is 5.92 Å². The summed E-state index contributed by atoms with van der Waals surface area (Å²) in [6.07, 6.45) is 5.02. The number of hydrogen-bond donors (Lipinski definition) is 1. The molecule has 1 aromatic heterocycles. The summed E-state index contributed by atoms with van der Waals surface area (Å²) in [5.41, 5.74) is 6.01. The average Bonchev–Trinajstić information content (AvgIpc) is 2.84. The molecule has 18 heavy (non-hydrogen) atoms. The fourth-order valence-corrected chi connectivity index (χ4v) is 2.24. The Bertz CT molecular complexity index is 413. The van der Waals surface area contributed by atoms with E-state index in [-0.39, 0.29) is 0 Å². The summed E-state index contributed by atoms with van der Waals surface area (Å²) in [6.45, 7) is 6.76. The molecule has 5 nitrogen and oxygen atoms in total. The van der Waals surface area contributed by atoms with Gasteiger partial charge < -0.3 is 15.1 Å². The highest BCUT2D eigenvalue weighted by molar-refractivity contribution is 5.78. The Hall–Kier alpha value is -1.52. The van der Waals surface area contributed by atoms with E-state index in [9.17, 15) is 0 Å². The summed E-state index contributed by atoms with van der Waals surface area (Å²) in [5.74, 6) is 2.85. The Morgan fingerprint density at radius 3 is 3.17 bits per heavy atom. The first kappa shape index (κ1) is 12.9. The fourth-order valence-electron chi connectivity index (χ4n) is 2.24. The number of rotatable bonds is 3. The van der Waals surface area contributed by atoms with E-state index in [1.807, 2.05) is 6.92 Å².